The van der Waals surface area contributed by atoms with Crippen LogP contribution in [0.4, 0.5) is 0 Å². The van der Waals surface area contributed by atoms with Crippen LogP contribution >= 0.6 is 0 Å². The van der Waals surface area contributed by atoms with Crippen molar-refractivity contribution in [2.75, 3.05) is 13.7 Å². The van der Waals surface area contributed by atoms with E-state index in [1.165, 1.54) is 19.2 Å². The van der Waals surface area contributed by atoms with Crippen LogP contribution in [-0.2, 0) is 4.74 Å². The standard InChI is InChI=1S/C10H14N2O4/c1-16-10(15)5-2-3-7(13)8(9(5)14)6(12)4-11/h2-3,6,13-14H,4,11-12H2,1H3/t6-/m0/s1. The van der Waals surface area contributed by atoms with E-state index >= 15 is 0 Å². The number of aromatic hydroxyl groups is 2. The van der Waals surface area contributed by atoms with Crippen LogP contribution in [0.25, 0.3) is 0 Å². The molecule has 0 unspecified atom stereocenters. The molecule has 1 aromatic rings. The molecule has 1 rings (SSSR count). The SMILES string of the molecule is COC(=O)c1ccc(O)c([C@@H](N)CN)c1O. The van der Waals surface area contributed by atoms with Gasteiger partial charge in [0, 0.05) is 12.6 Å². The smallest absolute Gasteiger partial charge is 0.341 e. The lowest BCUT2D eigenvalue weighted by Gasteiger charge is -2.15. The number of hydrogen-bond donors (Lipinski definition) is 4. The zero-order valence-electron chi connectivity index (χ0n) is 8.80. The van der Waals surface area contributed by atoms with Crippen LogP contribution < -0.4 is 11.5 Å². The molecule has 0 aromatic heterocycles. The first-order valence-corrected chi connectivity index (χ1v) is 4.61. The zero-order valence-corrected chi connectivity index (χ0v) is 8.80. The van der Waals surface area contributed by atoms with Gasteiger partial charge < -0.3 is 26.4 Å². The van der Waals surface area contributed by atoms with E-state index in [4.69, 9.17) is 11.5 Å². The molecular formula is C10H14N2O4. The third-order valence-corrected chi connectivity index (χ3v) is 2.22. The molecule has 0 aliphatic carbocycles. The van der Waals surface area contributed by atoms with Gasteiger partial charge in [-0.3, -0.25) is 0 Å². The largest absolute Gasteiger partial charge is 0.507 e. The van der Waals surface area contributed by atoms with Crippen LogP contribution in [0.3, 0.4) is 0 Å². The van der Waals surface area contributed by atoms with Gasteiger partial charge in [0.25, 0.3) is 0 Å². The maximum atomic E-state index is 11.3. The average molecular weight is 226 g/mol. The molecule has 0 aliphatic heterocycles. The average Bonchev–Trinajstić information content (AvgIpc) is 2.28. The minimum Gasteiger partial charge on any atom is -0.507 e. The molecule has 0 radical (unpaired) electrons. The third-order valence-electron chi connectivity index (χ3n) is 2.22. The van der Waals surface area contributed by atoms with Gasteiger partial charge in [-0.2, -0.15) is 0 Å². The van der Waals surface area contributed by atoms with Crippen molar-refractivity contribution in [1.82, 2.24) is 0 Å². The number of methoxy groups -OCH3 is 1. The van der Waals surface area contributed by atoms with Gasteiger partial charge >= 0.3 is 5.97 Å². The summed E-state index contributed by atoms with van der Waals surface area (Å²) in [5.74, 6) is -1.31. The summed E-state index contributed by atoms with van der Waals surface area (Å²) in [6, 6.07) is 1.77. The highest BCUT2D eigenvalue weighted by Gasteiger charge is 2.21. The van der Waals surface area contributed by atoms with E-state index < -0.39 is 17.8 Å². The number of phenols is 2. The maximum Gasteiger partial charge on any atom is 0.341 e. The molecule has 0 bridgehead atoms. The number of rotatable bonds is 3. The molecular weight excluding hydrogens is 212 g/mol. The van der Waals surface area contributed by atoms with E-state index in [0.717, 1.165) is 0 Å². The van der Waals surface area contributed by atoms with E-state index in [1.807, 2.05) is 0 Å². The van der Waals surface area contributed by atoms with E-state index in [2.05, 4.69) is 4.74 Å². The number of nitrogens with two attached hydrogens (primary N) is 2. The maximum absolute atomic E-state index is 11.3. The van der Waals surface area contributed by atoms with Gasteiger partial charge in [-0.25, -0.2) is 4.79 Å². The van der Waals surface area contributed by atoms with Crippen molar-refractivity contribution in [2.24, 2.45) is 11.5 Å². The fourth-order valence-corrected chi connectivity index (χ4v) is 1.36. The molecule has 88 valence electrons. The number of esters is 1. The molecule has 0 spiro atoms. The van der Waals surface area contributed by atoms with Crippen LogP contribution in [-0.4, -0.2) is 29.8 Å². The van der Waals surface area contributed by atoms with Gasteiger partial charge in [0.2, 0.25) is 0 Å². The molecule has 0 heterocycles. The lowest BCUT2D eigenvalue weighted by atomic mass is 10.0. The number of phenolic OH excluding ortho intramolecular Hbond substituents is 2. The Bertz CT molecular complexity index is 406. The predicted molar refractivity (Wildman–Crippen MR) is 57.1 cm³/mol. The lowest BCUT2D eigenvalue weighted by Crippen LogP contribution is -2.21. The number of carbonyl (C=O) groups excluding carboxylic acids is 1. The van der Waals surface area contributed by atoms with Gasteiger partial charge in [0.05, 0.1) is 12.7 Å². The first kappa shape index (κ1) is 12.3. The summed E-state index contributed by atoms with van der Waals surface area (Å²) in [6.45, 7) is 0.0335. The quantitative estimate of drug-likeness (QED) is 0.532. The van der Waals surface area contributed by atoms with Gasteiger partial charge in [-0.1, -0.05) is 0 Å². The fraction of sp³-hybridized carbons (Fsp3) is 0.300. The number of ether oxygens (including phenoxy) is 1. The predicted octanol–water partition coefficient (Wildman–Crippen LogP) is -0.157. The van der Waals surface area contributed by atoms with Crippen LogP contribution in [0.2, 0.25) is 0 Å². The molecule has 0 fully saturated rings. The first-order valence-electron chi connectivity index (χ1n) is 4.61. The molecule has 1 aromatic carbocycles. The Morgan fingerprint density at radius 3 is 2.62 bits per heavy atom. The van der Waals surface area contributed by atoms with Gasteiger partial charge in [-0.05, 0) is 12.1 Å². The van der Waals surface area contributed by atoms with Crippen LogP contribution in [0.15, 0.2) is 12.1 Å². The Hall–Kier alpha value is -1.79. The van der Waals surface area contributed by atoms with Crippen molar-refractivity contribution in [1.29, 1.82) is 0 Å². The number of hydrogen-bond acceptors (Lipinski definition) is 6. The van der Waals surface area contributed by atoms with Crippen LogP contribution in [0.1, 0.15) is 22.0 Å². The fourth-order valence-electron chi connectivity index (χ4n) is 1.36. The molecule has 16 heavy (non-hydrogen) atoms. The molecule has 0 amide bonds. The highest BCUT2D eigenvalue weighted by atomic mass is 16.5. The summed E-state index contributed by atoms with van der Waals surface area (Å²) in [5.41, 5.74) is 10.9. The van der Waals surface area contributed by atoms with E-state index in [1.54, 1.807) is 0 Å². The van der Waals surface area contributed by atoms with Crippen molar-refractivity contribution >= 4 is 5.97 Å². The third kappa shape index (κ3) is 2.07. The van der Waals surface area contributed by atoms with E-state index in [0.29, 0.717) is 0 Å². The minimum absolute atomic E-state index is 0.0335. The van der Waals surface area contributed by atoms with E-state index in [-0.39, 0.29) is 23.4 Å². The molecule has 0 saturated carbocycles. The second-order valence-electron chi connectivity index (χ2n) is 3.23. The summed E-state index contributed by atoms with van der Waals surface area (Å²) < 4.78 is 4.47. The van der Waals surface area contributed by atoms with Crippen LogP contribution in [0.5, 0.6) is 11.5 Å². The second-order valence-corrected chi connectivity index (χ2v) is 3.23. The van der Waals surface area contributed by atoms with Gasteiger partial charge in [0.15, 0.2) is 0 Å². The van der Waals surface area contributed by atoms with Crippen molar-refractivity contribution in [2.45, 2.75) is 6.04 Å². The Kier molecular flexibility index (Phi) is 3.70. The normalized spacial score (nSPS) is 12.2. The van der Waals surface area contributed by atoms with Gasteiger partial charge in [-0.15, -0.1) is 0 Å². The lowest BCUT2D eigenvalue weighted by molar-refractivity contribution is 0.0597. The zero-order chi connectivity index (χ0) is 12.3. The molecule has 1 atom stereocenters. The summed E-state index contributed by atoms with van der Waals surface area (Å²) >= 11 is 0. The summed E-state index contributed by atoms with van der Waals surface area (Å²) in [5, 5.41) is 19.3. The Balaban J connectivity index is 3.32. The minimum atomic E-state index is -0.746. The Labute approximate surface area is 92.4 Å². The Morgan fingerprint density at radius 2 is 2.12 bits per heavy atom. The van der Waals surface area contributed by atoms with Crippen molar-refractivity contribution in [3.05, 3.63) is 23.3 Å². The van der Waals surface area contributed by atoms with Crippen molar-refractivity contribution in [3.63, 3.8) is 0 Å². The van der Waals surface area contributed by atoms with E-state index in [9.17, 15) is 15.0 Å². The molecule has 6 heteroatoms. The first-order chi connectivity index (χ1) is 7.52. The second kappa shape index (κ2) is 4.82. The summed E-state index contributed by atoms with van der Waals surface area (Å²) in [7, 11) is 1.19. The molecule has 6 nitrogen and oxygen atoms in total. The highest BCUT2D eigenvalue weighted by Crippen LogP contribution is 2.34. The highest BCUT2D eigenvalue weighted by molar-refractivity contribution is 5.93. The Morgan fingerprint density at radius 1 is 1.50 bits per heavy atom. The molecule has 6 N–H and O–H groups in total. The number of carbonyl (C=O) groups is 1. The molecule has 0 saturated heterocycles. The monoisotopic (exact) mass is 226 g/mol. The summed E-state index contributed by atoms with van der Waals surface area (Å²) in [4.78, 5) is 11.3. The van der Waals surface area contributed by atoms with Crippen LogP contribution in [0, 0.1) is 0 Å². The van der Waals surface area contributed by atoms with Crippen molar-refractivity contribution < 1.29 is 19.7 Å². The van der Waals surface area contributed by atoms with Crippen molar-refractivity contribution in [3.8, 4) is 11.5 Å². The van der Waals surface area contributed by atoms with Gasteiger partial charge in [0.1, 0.15) is 17.1 Å². The summed E-state index contributed by atoms with van der Waals surface area (Å²) in [6.07, 6.45) is 0. The number of benzene rings is 1. The topological polar surface area (TPSA) is 119 Å². The molecule has 0 aliphatic rings.